The quantitative estimate of drug-likeness (QED) is 0.212. The van der Waals surface area contributed by atoms with Gasteiger partial charge in [0.15, 0.2) is 24.0 Å². The van der Waals surface area contributed by atoms with Crippen LogP contribution < -0.4 is 10.6 Å². The summed E-state index contributed by atoms with van der Waals surface area (Å²) < 4.78 is 9.16. The predicted octanol–water partition coefficient (Wildman–Crippen LogP) is -2.03. The van der Waals surface area contributed by atoms with E-state index in [9.17, 15) is 19.8 Å². The van der Waals surface area contributed by atoms with Crippen LogP contribution in [0.1, 0.15) is 12.8 Å². The molecule has 0 heterocycles. The summed E-state index contributed by atoms with van der Waals surface area (Å²) >= 11 is 0. The molecule has 22 heavy (non-hydrogen) atoms. The van der Waals surface area contributed by atoms with Gasteiger partial charge in [0.2, 0.25) is 0 Å². The zero-order chi connectivity index (χ0) is 17.1. The van der Waals surface area contributed by atoms with Crippen LogP contribution in [0.15, 0.2) is 0 Å². The number of carbonyl (C=O) groups excluding carboxylic acids is 2. The zero-order valence-electron chi connectivity index (χ0n) is 12.5. The summed E-state index contributed by atoms with van der Waals surface area (Å²) in [7, 11) is 2.63. The van der Waals surface area contributed by atoms with Gasteiger partial charge in [0.1, 0.15) is 0 Å². The van der Waals surface area contributed by atoms with Gasteiger partial charge < -0.3 is 30.3 Å². The number of hydrogen-bond donors (Lipinski definition) is 6. The number of carbonyl (C=O) groups is 2. The summed E-state index contributed by atoms with van der Waals surface area (Å²) in [4.78, 5) is 23.0. The van der Waals surface area contributed by atoms with Crippen LogP contribution in [0.25, 0.3) is 0 Å². The lowest BCUT2D eigenvalue weighted by atomic mass is 10.1. The van der Waals surface area contributed by atoms with Crippen LogP contribution in [-0.4, -0.2) is 73.3 Å². The smallest absolute Gasteiger partial charge is 0.252 e. The van der Waals surface area contributed by atoms with Gasteiger partial charge in [-0.1, -0.05) is 0 Å². The van der Waals surface area contributed by atoms with E-state index in [2.05, 4.69) is 20.1 Å². The molecule has 0 aliphatic rings. The van der Waals surface area contributed by atoms with Crippen molar-refractivity contribution in [2.75, 3.05) is 27.3 Å². The SMILES string of the molecule is COC(=N)CCNC(=O)[C@@H](O)[C@@H](O)C(=O)NCCC(=N)OC. The summed E-state index contributed by atoms with van der Waals surface area (Å²) in [5, 5.41) is 38.0. The molecule has 0 bridgehead atoms. The number of amides is 2. The van der Waals surface area contributed by atoms with E-state index in [0.717, 1.165) is 0 Å². The molecule has 0 spiro atoms. The standard InChI is InChI=1S/C12H22N4O6/c1-21-7(13)3-5-15-11(19)9(17)10(18)12(20)16-6-4-8(14)22-2/h9-10,13-14,17-18H,3-6H2,1-2H3,(H,15,19)(H,16,20)/t9-,10+. The van der Waals surface area contributed by atoms with E-state index in [4.69, 9.17) is 10.8 Å². The van der Waals surface area contributed by atoms with Crippen LogP contribution in [0.5, 0.6) is 0 Å². The Morgan fingerprint density at radius 3 is 1.50 bits per heavy atom. The molecule has 0 aromatic rings. The fourth-order valence-electron chi connectivity index (χ4n) is 1.30. The van der Waals surface area contributed by atoms with E-state index in [1.54, 1.807) is 0 Å². The lowest BCUT2D eigenvalue weighted by molar-refractivity contribution is -0.146. The maximum Gasteiger partial charge on any atom is 0.252 e. The second-order valence-electron chi connectivity index (χ2n) is 4.23. The second kappa shape index (κ2) is 10.5. The van der Waals surface area contributed by atoms with Gasteiger partial charge in [-0.2, -0.15) is 0 Å². The van der Waals surface area contributed by atoms with Crippen molar-refractivity contribution in [1.82, 2.24) is 10.6 Å². The maximum atomic E-state index is 11.5. The highest BCUT2D eigenvalue weighted by atomic mass is 16.5. The summed E-state index contributed by atoms with van der Waals surface area (Å²) in [6.45, 7) is 0.0593. The molecular weight excluding hydrogens is 296 g/mol. The molecule has 0 aliphatic heterocycles. The molecule has 0 saturated carbocycles. The van der Waals surface area contributed by atoms with E-state index >= 15 is 0 Å². The summed E-state index contributed by atoms with van der Waals surface area (Å²) in [5.74, 6) is -1.96. The lowest BCUT2D eigenvalue weighted by Gasteiger charge is -2.17. The molecule has 0 aliphatic carbocycles. The summed E-state index contributed by atoms with van der Waals surface area (Å²) in [6.07, 6.45) is -3.62. The highest BCUT2D eigenvalue weighted by molar-refractivity contribution is 5.91. The molecule has 0 aromatic carbocycles. The van der Waals surface area contributed by atoms with Crippen molar-refractivity contribution in [1.29, 1.82) is 10.8 Å². The number of hydrogen-bond acceptors (Lipinski definition) is 8. The van der Waals surface area contributed by atoms with Crippen molar-refractivity contribution in [3.05, 3.63) is 0 Å². The van der Waals surface area contributed by atoms with Crippen LogP contribution in [0, 0.1) is 10.8 Å². The molecule has 0 unspecified atom stereocenters. The van der Waals surface area contributed by atoms with Crippen molar-refractivity contribution in [3.8, 4) is 0 Å². The largest absolute Gasteiger partial charge is 0.484 e. The Balaban J connectivity index is 4.13. The van der Waals surface area contributed by atoms with Gasteiger partial charge in [-0.15, -0.1) is 0 Å². The van der Waals surface area contributed by atoms with Gasteiger partial charge in [0.05, 0.1) is 14.2 Å². The first kappa shape index (κ1) is 19.8. The average Bonchev–Trinajstić information content (AvgIpc) is 2.52. The van der Waals surface area contributed by atoms with Crippen molar-refractivity contribution in [2.45, 2.75) is 25.0 Å². The van der Waals surface area contributed by atoms with Crippen LogP contribution in [0.4, 0.5) is 0 Å². The van der Waals surface area contributed by atoms with E-state index in [0.29, 0.717) is 0 Å². The Morgan fingerprint density at radius 1 is 0.909 bits per heavy atom. The fraction of sp³-hybridized carbons (Fsp3) is 0.667. The minimum Gasteiger partial charge on any atom is -0.484 e. The number of aliphatic hydroxyl groups is 2. The first-order valence-corrected chi connectivity index (χ1v) is 6.47. The first-order chi connectivity index (χ1) is 10.3. The molecule has 0 aromatic heterocycles. The third-order valence-electron chi connectivity index (χ3n) is 2.63. The maximum absolute atomic E-state index is 11.5. The topological polar surface area (TPSA) is 165 Å². The molecule has 10 nitrogen and oxygen atoms in total. The molecule has 0 rings (SSSR count). The van der Waals surface area contributed by atoms with Crippen LogP contribution >= 0.6 is 0 Å². The third-order valence-corrected chi connectivity index (χ3v) is 2.63. The number of nitrogens with one attached hydrogen (secondary N) is 4. The Hall–Kier alpha value is -2.20. The van der Waals surface area contributed by atoms with Gasteiger partial charge in [-0.05, 0) is 0 Å². The molecular formula is C12H22N4O6. The van der Waals surface area contributed by atoms with Gasteiger partial charge in [0, 0.05) is 25.9 Å². The Labute approximate surface area is 127 Å². The monoisotopic (exact) mass is 318 g/mol. The first-order valence-electron chi connectivity index (χ1n) is 6.47. The van der Waals surface area contributed by atoms with E-state index in [-0.39, 0.29) is 37.7 Å². The van der Waals surface area contributed by atoms with Crippen molar-refractivity contribution in [3.63, 3.8) is 0 Å². The molecule has 0 saturated heterocycles. The minimum atomic E-state index is -1.93. The summed E-state index contributed by atoms with van der Waals surface area (Å²) in [6, 6.07) is 0. The van der Waals surface area contributed by atoms with Crippen molar-refractivity contribution < 1.29 is 29.3 Å². The van der Waals surface area contributed by atoms with Crippen LogP contribution in [0.2, 0.25) is 0 Å². The van der Waals surface area contributed by atoms with Crippen LogP contribution in [-0.2, 0) is 19.1 Å². The van der Waals surface area contributed by atoms with Gasteiger partial charge in [0.25, 0.3) is 11.8 Å². The highest BCUT2D eigenvalue weighted by Crippen LogP contribution is 1.95. The normalized spacial score (nSPS) is 12.7. The van der Waals surface area contributed by atoms with Crippen LogP contribution in [0.3, 0.4) is 0 Å². The van der Waals surface area contributed by atoms with Crippen molar-refractivity contribution in [2.24, 2.45) is 0 Å². The number of rotatable bonds is 9. The predicted molar refractivity (Wildman–Crippen MR) is 76.7 cm³/mol. The molecule has 0 fully saturated rings. The molecule has 2 amide bonds. The van der Waals surface area contributed by atoms with E-state index < -0.39 is 24.0 Å². The highest BCUT2D eigenvalue weighted by Gasteiger charge is 2.29. The molecule has 6 N–H and O–H groups in total. The molecule has 2 atom stereocenters. The number of aliphatic hydroxyl groups excluding tert-OH is 2. The zero-order valence-corrected chi connectivity index (χ0v) is 12.5. The van der Waals surface area contributed by atoms with E-state index in [1.807, 2.05) is 0 Å². The average molecular weight is 318 g/mol. The Morgan fingerprint density at radius 2 is 1.23 bits per heavy atom. The number of methoxy groups -OCH3 is 2. The fourth-order valence-corrected chi connectivity index (χ4v) is 1.30. The third kappa shape index (κ3) is 7.55. The van der Waals surface area contributed by atoms with Gasteiger partial charge >= 0.3 is 0 Å². The molecule has 10 heteroatoms. The Bertz CT molecular complexity index is 376. The van der Waals surface area contributed by atoms with Gasteiger partial charge in [-0.25, -0.2) is 0 Å². The van der Waals surface area contributed by atoms with Crippen molar-refractivity contribution >= 4 is 23.6 Å². The molecule has 126 valence electrons. The Kier molecular flexibility index (Phi) is 9.46. The minimum absolute atomic E-state index is 0.0297. The second-order valence-corrected chi connectivity index (χ2v) is 4.23. The number of ether oxygens (including phenoxy) is 2. The lowest BCUT2D eigenvalue weighted by Crippen LogP contribution is -2.50. The summed E-state index contributed by atoms with van der Waals surface area (Å²) in [5.41, 5.74) is 0. The molecule has 0 radical (unpaired) electrons. The van der Waals surface area contributed by atoms with E-state index in [1.165, 1.54) is 14.2 Å². The van der Waals surface area contributed by atoms with Gasteiger partial charge in [-0.3, -0.25) is 20.4 Å².